The van der Waals surface area contributed by atoms with Gasteiger partial charge in [-0.15, -0.1) is 22.7 Å². The minimum atomic E-state index is -0.518. The molecule has 0 saturated carbocycles. The molecule has 12 heteroatoms. The monoisotopic (exact) mass is 1660 g/mol. The molecule has 20 aromatic rings. The molecule has 16 aromatic carbocycles. The standard InChI is InChI=1S/C52H33N3S.C34H22ClN3.C24H23BO2S.2CH4/c1-4-16-35(17-5-1)49-53-50(36-32-30-34(31-33-36)39-24-14-25-41-40-22-11-13-29-46(40)56-48(39)41)55-51(54-49)43-26-15-28-45-47(43)42-23-10-12-27-44(42)52(45,37-18-6-2-7-19-37)38-20-8-3-9-21-38;35-33-37-31(23-13-4-1-5-14-23)36-32(38-33)27-20-12-22-29-30(27)26-19-10-11-21-28(26)34(29,24-15-6-2-7-16-24)25-17-8-3-9-18-25;1-23(2)24(3,4)27-25(26-23)17-14-12-16(13-15-17)18-9-7-10-20-19-8-5-6-11-21(19)28-22(18)20;;/h1-33H;1-22H;5-15H,1-4H3;2*1H4. The van der Waals surface area contributed by atoms with Gasteiger partial charge in [0.05, 0.1) is 22.0 Å². The average Bonchev–Trinajstić information content (AvgIpc) is 1.53. The topological polar surface area (TPSA) is 95.8 Å². The van der Waals surface area contributed by atoms with E-state index < -0.39 is 10.8 Å². The van der Waals surface area contributed by atoms with Crippen LogP contribution in [-0.2, 0) is 20.1 Å². The minimum absolute atomic E-state index is 0. The summed E-state index contributed by atoms with van der Waals surface area (Å²) in [6.45, 7) is 8.35. The molecule has 0 atom stereocenters. The SMILES string of the molecule is C.C.CC1(C)OB(c2ccc(-c3cccc4c3sc3ccccc34)cc2)OC1(C)C.Clc1nc(-c2ccccc2)nc(-c2cccc3c2-c2ccccc2C3(c2ccccc2)c2ccccc2)n1.c1ccc(-c2nc(-c3ccc(-c4cccc5c4sc4ccccc45)cc3)nc(-c3cccc4c3-c3ccccc3C4(c3ccccc3)c3ccccc3)n2)cc1. The molecule has 3 aliphatic rings. The van der Waals surface area contributed by atoms with Crippen molar-refractivity contribution < 1.29 is 9.31 Å². The van der Waals surface area contributed by atoms with Crippen LogP contribution >= 0.6 is 34.3 Å². The van der Waals surface area contributed by atoms with Crippen LogP contribution in [0.1, 0.15) is 87.1 Å². The lowest BCUT2D eigenvalue weighted by Crippen LogP contribution is -2.41. The number of halogens is 1. The van der Waals surface area contributed by atoms with Gasteiger partial charge in [-0.3, -0.25) is 0 Å². The smallest absolute Gasteiger partial charge is 0.399 e. The third-order valence-corrected chi connectivity index (χ3v) is 27.4. The van der Waals surface area contributed by atoms with E-state index in [2.05, 4.69) is 390 Å². The number of rotatable bonds is 12. The van der Waals surface area contributed by atoms with Gasteiger partial charge in [0.1, 0.15) is 0 Å². The Morgan fingerprint density at radius 3 is 0.952 bits per heavy atom. The summed E-state index contributed by atoms with van der Waals surface area (Å²) in [5.74, 6) is 3.05. The third-order valence-electron chi connectivity index (χ3n) is 24.8. The van der Waals surface area contributed by atoms with Crippen LogP contribution in [0.4, 0.5) is 0 Å². The first-order valence-corrected chi connectivity index (χ1v) is 43.3. The highest BCUT2D eigenvalue weighted by Crippen LogP contribution is 2.60. The van der Waals surface area contributed by atoms with E-state index in [1.54, 1.807) is 0 Å². The fourth-order valence-corrected chi connectivity index (χ4v) is 21.1. The third kappa shape index (κ3) is 13.7. The van der Waals surface area contributed by atoms with Crippen molar-refractivity contribution in [1.29, 1.82) is 0 Å². The van der Waals surface area contributed by atoms with E-state index in [1.165, 1.54) is 118 Å². The van der Waals surface area contributed by atoms with Crippen molar-refractivity contribution in [3.63, 3.8) is 0 Å². The molecule has 0 N–H and O–H groups in total. The summed E-state index contributed by atoms with van der Waals surface area (Å²) in [5, 5.41) is 5.43. The molecule has 23 rings (SSSR count). The molecule has 0 unspecified atom stereocenters. The lowest BCUT2D eigenvalue weighted by molar-refractivity contribution is 0.00578. The predicted molar refractivity (Wildman–Crippen MR) is 519 cm³/mol. The summed E-state index contributed by atoms with van der Waals surface area (Å²) in [6.07, 6.45) is 0. The highest BCUT2D eigenvalue weighted by atomic mass is 35.5. The summed E-state index contributed by atoms with van der Waals surface area (Å²) in [5.41, 5.74) is 23.4. The van der Waals surface area contributed by atoms with Crippen LogP contribution in [0.3, 0.4) is 0 Å². The van der Waals surface area contributed by atoms with Gasteiger partial charge in [-0.25, -0.2) is 19.9 Å². The molecule has 1 fully saturated rings. The lowest BCUT2D eigenvalue weighted by atomic mass is 9.67. The summed E-state index contributed by atoms with van der Waals surface area (Å²) in [4.78, 5) is 29.6. The largest absolute Gasteiger partial charge is 0.494 e. The van der Waals surface area contributed by atoms with E-state index in [-0.39, 0.29) is 38.5 Å². The van der Waals surface area contributed by atoms with Gasteiger partial charge in [0.25, 0.3) is 0 Å². The van der Waals surface area contributed by atoms with Gasteiger partial charge in [0.15, 0.2) is 29.1 Å². The Morgan fingerprint density at radius 2 is 0.532 bits per heavy atom. The first-order valence-electron chi connectivity index (χ1n) is 41.2. The second-order valence-electron chi connectivity index (χ2n) is 32.2. The van der Waals surface area contributed by atoms with Crippen LogP contribution in [0.25, 0.3) is 142 Å². The molecule has 0 radical (unpaired) electrons. The normalized spacial score (nSPS) is 13.9. The second kappa shape index (κ2) is 32.9. The van der Waals surface area contributed by atoms with Crippen molar-refractivity contribution in [3.8, 4) is 101 Å². The van der Waals surface area contributed by atoms with Crippen molar-refractivity contribution in [2.75, 3.05) is 0 Å². The van der Waals surface area contributed by atoms with Gasteiger partial charge in [-0.1, -0.05) is 403 Å². The summed E-state index contributed by atoms with van der Waals surface area (Å²) >= 11 is 10.2. The van der Waals surface area contributed by atoms with E-state index >= 15 is 0 Å². The molecular formula is C112H86BClN6O2S2. The average molecular weight is 1660 g/mol. The van der Waals surface area contributed by atoms with Crippen molar-refractivity contribution >= 4 is 87.2 Å². The van der Waals surface area contributed by atoms with E-state index in [0.29, 0.717) is 29.1 Å². The van der Waals surface area contributed by atoms with Gasteiger partial charge < -0.3 is 9.31 Å². The quantitative estimate of drug-likeness (QED) is 0.112. The molecule has 1 saturated heterocycles. The zero-order valence-electron chi connectivity index (χ0n) is 67.4. The molecule has 0 amide bonds. The highest BCUT2D eigenvalue weighted by molar-refractivity contribution is 7.26. The van der Waals surface area contributed by atoms with Crippen molar-refractivity contribution in [3.05, 3.63) is 450 Å². The van der Waals surface area contributed by atoms with Gasteiger partial charge in [0.2, 0.25) is 5.28 Å². The van der Waals surface area contributed by atoms with E-state index in [9.17, 15) is 0 Å². The van der Waals surface area contributed by atoms with E-state index in [0.717, 1.165) is 44.4 Å². The molecule has 4 aromatic heterocycles. The number of benzene rings is 16. The maximum Gasteiger partial charge on any atom is 0.494 e. The molecule has 1 aliphatic heterocycles. The Morgan fingerprint density at radius 1 is 0.250 bits per heavy atom. The Balaban J connectivity index is 0.000000129. The zero-order chi connectivity index (χ0) is 82.1. The number of aromatic nitrogens is 6. The van der Waals surface area contributed by atoms with E-state index in [4.69, 9.17) is 40.8 Å². The van der Waals surface area contributed by atoms with Crippen molar-refractivity contribution in [2.45, 2.75) is 64.6 Å². The van der Waals surface area contributed by atoms with Gasteiger partial charge in [0, 0.05) is 68.2 Å². The summed E-state index contributed by atoms with van der Waals surface area (Å²) in [7, 11) is -0.320. The van der Waals surface area contributed by atoms with Gasteiger partial charge in [-0.05, 0) is 146 Å². The van der Waals surface area contributed by atoms with Gasteiger partial charge in [-0.2, -0.15) is 9.97 Å². The number of fused-ring (bicyclic) bond motifs is 12. The molecule has 124 heavy (non-hydrogen) atoms. The highest BCUT2D eigenvalue weighted by Gasteiger charge is 2.52. The van der Waals surface area contributed by atoms with Crippen LogP contribution in [0, 0.1) is 0 Å². The Bertz CT molecular complexity index is 7250. The number of nitrogens with zero attached hydrogens (tertiary/aromatic N) is 6. The lowest BCUT2D eigenvalue weighted by Gasteiger charge is -2.33. The van der Waals surface area contributed by atoms with Crippen molar-refractivity contribution in [1.82, 2.24) is 29.9 Å². The fourth-order valence-electron chi connectivity index (χ4n) is 18.4. The number of hydrogen-bond donors (Lipinski definition) is 0. The molecule has 2 aliphatic carbocycles. The maximum atomic E-state index is 6.49. The Kier molecular flexibility index (Phi) is 21.2. The van der Waals surface area contributed by atoms with Crippen LogP contribution < -0.4 is 5.46 Å². The minimum Gasteiger partial charge on any atom is -0.399 e. The Labute approximate surface area is 737 Å². The molecule has 0 spiro atoms. The van der Waals surface area contributed by atoms with Crippen LogP contribution in [0.5, 0.6) is 0 Å². The summed E-state index contributed by atoms with van der Waals surface area (Å²) in [6, 6.07) is 142. The number of thiophene rings is 2. The maximum absolute atomic E-state index is 6.49. The molecule has 5 heterocycles. The first kappa shape index (κ1) is 80.0. The van der Waals surface area contributed by atoms with Gasteiger partial charge >= 0.3 is 7.12 Å². The second-order valence-corrected chi connectivity index (χ2v) is 34.6. The first-order chi connectivity index (χ1) is 59.9. The molecule has 598 valence electrons. The van der Waals surface area contributed by atoms with Crippen LogP contribution in [0.15, 0.2) is 400 Å². The number of hydrogen-bond acceptors (Lipinski definition) is 10. The molecule has 0 bridgehead atoms. The summed E-state index contributed by atoms with van der Waals surface area (Å²) < 4.78 is 17.6. The van der Waals surface area contributed by atoms with Crippen LogP contribution in [-0.4, -0.2) is 48.2 Å². The zero-order valence-corrected chi connectivity index (χ0v) is 69.8. The van der Waals surface area contributed by atoms with E-state index in [1.807, 2.05) is 71.2 Å². The fraction of sp³-hybridized carbons (Fsp3) is 0.0893. The predicted octanol–water partition coefficient (Wildman–Crippen LogP) is 28.8. The molecular weight excluding hydrogens is 1570 g/mol. The van der Waals surface area contributed by atoms with Crippen molar-refractivity contribution in [2.24, 2.45) is 0 Å². The molecule has 8 nitrogen and oxygen atoms in total. The van der Waals surface area contributed by atoms with Crippen LogP contribution in [0.2, 0.25) is 5.28 Å². The Hall–Kier alpha value is -13.7.